The molecule has 0 radical (unpaired) electrons. The SMILES string of the molecule is Clc1ccc(OCCn2cc(CBr)nn2)c(Br)c1. The first kappa shape index (κ1) is 13.8. The van der Waals surface area contributed by atoms with Crippen molar-refractivity contribution in [1.82, 2.24) is 15.0 Å². The van der Waals surface area contributed by atoms with Crippen molar-refractivity contribution >= 4 is 43.5 Å². The zero-order valence-electron chi connectivity index (χ0n) is 9.31. The van der Waals surface area contributed by atoms with Gasteiger partial charge in [0, 0.05) is 16.5 Å². The van der Waals surface area contributed by atoms with Gasteiger partial charge >= 0.3 is 0 Å². The highest BCUT2D eigenvalue weighted by Gasteiger charge is 2.03. The van der Waals surface area contributed by atoms with Crippen molar-refractivity contribution in [2.75, 3.05) is 6.61 Å². The Labute approximate surface area is 127 Å². The summed E-state index contributed by atoms with van der Waals surface area (Å²) in [5, 5.41) is 9.33. The molecule has 7 heteroatoms. The van der Waals surface area contributed by atoms with Gasteiger partial charge in [-0.2, -0.15) is 0 Å². The molecule has 96 valence electrons. The maximum atomic E-state index is 5.85. The van der Waals surface area contributed by atoms with Crippen LogP contribution in [-0.4, -0.2) is 21.6 Å². The smallest absolute Gasteiger partial charge is 0.133 e. The normalized spacial score (nSPS) is 10.6. The Kier molecular flexibility index (Phi) is 5.03. The molecule has 0 atom stereocenters. The predicted molar refractivity (Wildman–Crippen MR) is 77.3 cm³/mol. The molecule has 0 spiro atoms. The number of aromatic nitrogens is 3. The van der Waals surface area contributed by atoms with Crippen molar-refractivity contribution < 1.29 is 4.74 Å². The minimum absolute atomic E-state index is 0.519. The van der Waals surface area contributed by atoms with Gasteiger partial charge in [0.1, 0.15) is 12.4 Å². The van der Waals surface area contributed by atoms with Crippen LogP contribution >= 0.6 is 43.5 Å². The molecule has 18 heavy (non-hydrogen) atoms. The molecule has 1 heterocycles. The van der Waals surface area contributed by atoms with Crippen molar-refractivity contribution in [2.45, 2.75) is 11.9 Å². The van der Waals surface area contributed by atoms with Gasteiger partial charge in [-0.25, -0.2) is 4.68 Å². The minimum atomic E-state index is 0.519. The van der Waals surface area contributed by atoms with Crippen LogP contribution in [0.1, 0.15) is 5.69 Å². The van der Waals surface area contributed by atoms with Gasteiger partial charge in [-0.05, 0) is 34.1 Å². The molecule has 0 unspecified atom stereocenters. The number of rotatable bonds is 5. The van der Waals surface area contributed by atoms with E-state index in [4.69, 9.17) is 16.3 Å². The van der Waals surface area contributed by atoms with E-state index in [0.29, 0.717) is 23.5 Å². The first-order valence-corrected chi connectivity index (χ1v) is 7.51. The quantitative estimate of drug-likeness (QED) is 0.726. The van der Waals surface area contributed by atoms with E-state index >= 15 is 0 Å². The van der Waals surface area contributed by atoms with Crippen LogP contribution in [0.3, 0.4) is 0 Å². The molecule has 0 aliphatic rings. The molecule has 2 rings (SSSR count). The maximum Gasteiger partial charge on any atom is 0.133 e. The summed E-state index contributed by atoms with van der Waals surface area (Å²) in [4.78, 5) is 0. The van der Waals surface area contributed by atoms with Gasteiger partial charge in [0.2, 0.25) is 0 Å². The summed E-state index contributed by atoms with van der Waals surface area (Å²) in [5.41, 5.74) is 0.905. The predicted octanol–water partition coefficient (Wildman–Crippen LogP) is 3.67. The lowest BCUT2D eigenvalue weighted by atomic mass is 10.3. The van der Waals surface area contributed by atoms with Crippen LogP contribution in [0.25, 0.3) is 0 Å². The van der Waals surface area contributed by atoms with E-state index in [0.717, 1.165) is 15.9 Å². The number of nitrogens with zero attached hydrogens (tertiary/aromatic N) is 3. The molecule has 0 amide bonds. The Morgan fingerprint density at radius 3 is 2.89 bits per heavy atom. The number of benzene rings is 1. The first-order chi connectivity index (χ1) is 8.69. The molecule has 0 N–H and O–H groups in total. The van der Waals surface area contributed by atoms with Crippen molar-refractivity contribution in [3.8, 4) is 5.75 Å². The maximum absolute atomic E-state index is 5.85. The Morgan fingerprint density at radius 2 is 2.22 bits per heavy atom. The molecule has 0 saturated heterocycles. The van der Waals surface area contributed by atoms with E-state index in [-0.39, 0.29) is 0 Å². The first-order valence-electron chi connectivity index (χ1n) is 5.22. The Bertz CT molecular complexity index is 533. The topological polar surface area (TPSA) is 39.9 Å². The molecule has 0 aliphatic heterocycles. The van der Waals surface area contributed by atoms with Gasteiger partial charge in [0.15, 0.2) is 0 Å². The largest absolute Gasteiger partial charge is 0.490 e. The summed E-state index contributed by atoms with van der Waals surface area (Å²) < 4.78 is 8.23. The highest BCUT2D eigenvalue weighted by molar-refractivity contribution is 9.10. The number of hydrogen-bond acceptors (Lipinski definition) is 3. The average Bonchev–Trinajstić information content (AvgIpc) is 2.80. The van der Waals surface area contributed by atoms with Crippen LogP contribution in [0.2, 0.25) is 5.02 Å². The van der Waals surface area contributed by atoms with Crippen LogP contribution < -0.4 is 4.74 Å². The summed E-state index contributed by atoms with van der Waals surface area (Å²) in [6.07, 6.45) is 1.88. The van der Waals surface area contributed by atoms with Crippen LogP contribution in [0.4, 0.5) is 0 Å². The Morgan fingerprint density at radius 1 is 1.39 bits per heavy atom. The van der Waals surface area contributed by atoms with Gasteiger partial charge in [0.25, 0.3) is 0 Å². The van der Waals surface area contributed by atoms with Gasteiger partial charge in [0.05, 0.1) is 16.7 Å². The number of alkyl halides is 1. The third-order valence-corrected chi connectivity index (χ3v) is 3.62. The summed E-state index contributed by atoms with van der Waals surface area (Å²) >= 11 is 12.6. The highest BCUT2D eigenvalue weighted by atomic mass is 79.9. The fraction of sp³-hybridized carbons (Fsp3) is 0.273. The van der Waals surface area contributed by atoms with Gasteiger partial charge in [-0.3, -0.25) is 0 Å². The van der Waals surface area contributed by atoms with E-state index in [2.05, 4.69) is 42.2 Å². The summed E-state index contributed by atoms with van der Waals surface area (Å²) in [7, 11) is 0. The molecule has 0 bridgehead atoms. The fourth-order valence-electron chi connectivity index (χ4n) is 1.35. The lowest BCUT2D eigenvalue weighted by Gasteiger charge is -2.08. The van der Waals surface area contributed by atoms with Crippen LogP contribution in [0.5, 0.6) is 5.75 Å². The fourth-order valence-corrected chi connectivity index (χ4v) is 2.40. The average molecular weight is 395 g/mol. The van der Waals surface area contributed by atoms with E-state index in [1.54, 1.807) is 16.8 Å². The lowest BCUT2D eigenvalue weighted by molar-refractivity contribution is 0.288. The molecule has 2 aromatic rings. The van der Waals surface area contributed by atoms with Crippen LogP contribution in [0, 0.1) is 0 Å². The summed E-state index contributed by atoms with van der Waals surface area (Å²) in [5.74, 6) is 0.764. The molecule has 1 aromatic carbocycles. The zero-order chi connectivity index (χ0) is 13.0. The van der Waals surface area contributed by atoms with Crippen molar-refractivity contribution in [3.63, 3.8) is 0 Å². The van der Waals surface area contributed by atoms with Gasteiger partial charge in [-0.15, -0.1) is 5.10 Å². The number of hydrogen-bond donors (Lipinski definition) is 0. The Balaban J connectivity index is 1.88. The van der Waals surface area contributed by atoms with E-state index in [1.807, 2.05) is 12.3 Å². The lowest BCUT2D eigenvalue weighted by Crippen LogP contribution is -2.09. The second-order valence-corrected chi connectivity index (χ2v) is 5.38. The van der Waals surface area contributed by atoms with E-state index in [1.165, 1.54) is 0 Å². The highest BCUT2D eigenvalue weighted by Crippen LogP contribution is 2.27. The van der Waals surface area contributed by atoms with Crippen LogP contribution in [-0.2, 0) is 11.9 Å². The molecule has 0 aliphatic carbocycles. The number of ether oxygens (including phenoxy) is 1. The van der Waals surface area contributed by atoms with E-state index < -0.39 is 0 Å². The Hall–Kier alpha value is -0.590. The van der Waals surface area contributed by atoms with Gasteiger partial charge in [-0.1, -0.05) is 32.7 Å². The van der Waals surface area contributed by atoms with Crippen molar-refractivity contribution in [1.29, 1.82) is 0 Å². The minimum Gasteiger partial charge on any atom is -0.490 e. The third kappa shape index (κ3) is 3.70. The third-order valence-electron chi connectivity index (χ3n) is 2.19. The zero-order valence-corrected chi connectivity index (χ0v) is 13.2. The number of halogens is 3. The van der Waals surface area contributed by atoms with E-state index in [9.17, 15) is 0 Å². The molecular formula is C11H10Br2ClN3O. The molecule has 0 fully saturated rings. The monoisotopic (exact) mass is 393 g/mol. The van der Waals surface area contributed by atoms with Crippen molar-refractivity contribution in [2.24, 2.45) is 0 Å². The molecular weight excluding hydrogens is 385 g/mol. The molecule has 1 aromatic heterocycles. The molecule has 4 nitrogen and oxygen atoms in total. The second-order valence-electron chi connectivity index (χ2n) is 3.53. The second kappa shape index (κ2) is 6.54. The summed E-state index contributed by atoms with van der Waals surface area (Å²) in [6, 6.07) is 5.42. The standard InChI is InChI=1S/C11H10Br2ClN3O/c12-6-9-7-17(16-15-9)3-4-18-11-2-1-8(14)5-10(11)13/h1-2,5,7H,3-4,6H2. The molecule has 0 saturated carbocycles. The summed E-state index contributed by atoms with van der Waals surface area (Å²) in [6.45, 7) is 1.17. The van der Waals surface area contributed by atoms with Crippen LogP contribution in [0.15, 0.2) is 28.9 Å². The van der Waals surface area contributed by atoms with Crippen molar-refractivity contribution in [3.05, 3.63) is 39.6 Å². The van der Waals surface area contributed by atoms with Gasteiger partial charge < -0.3 is 4.74 Å².